The molecule has 1 unspecified atom stereocenters. The molecule has 6 heteroatoms. The maximum absolute atomic E-state index is 5.36. The minimum Gasteiger partial charge on any atom is -0.454 e. The van der Waals surface area contributed by atoms with Gasteiger partial charge in [0.05, 0.1) is 6.04 Å². The average Bonchev–Trinajstić information content (AvgIpc) is 3.03. The van der Waals surface area contributed by atoms with Crippen molar-refractivity contribution in [3.05, 3.63) is 35.9 Å². The zero-order chi connectivity index (χ0) is 13.2. The normalized spacial score (nSPS) is 14.6. The molecule has 0 aliphatic carbocycles. The number of nitrogens with zero attached hydrogens (tertiary/aromatic N) is 3. The molecule has 6 nitrogen and oxygen atoms in total. The Morgan fingerprint density at radius 2 is 2.21 bits per heavy atom. The fourth-order valence-corrected chi connectivity index (χ4v) is 2.10. The molecule has 0 bridgehead atoms. The standard InChI is InChI=1S/C13H16N4O2/c1-9(13-16-15-7-17(13)2)14-6-10-3-4-11-12(5-10)19-8-18-11/h3-5,7,9,14H,6,8H2,1-2H3. The van der Waals surface area contributed by atoms with Crippen molar-refractivity contribution >= 4 is 0 Å². The van der Waals surface area contributed by atoms with Crippen molar-refractivity contribution in [3.8, 4) is 11.5 Å². The summed E-state index contributed by atoms with van der Waals surface area (Å²) in [5.41, 5.74) is 1.15. The van der Waals surface area contributed by atoms with Gasteiger partial charge in [-0.1, -0.05) is 6.07 Å². The third kappa shape index (κ3) is 2.39. The van der Waals surface area contributed by atoms with E-state index >= 15 is 0 Å². The average molecular weight is 260 g/mol. The molecule has 3 rings (SSSR count). The van der Waals surface area contributed by atoms with Gasteiger partial charge in [0, 0.05) is 13.6 Å². The van der Waals surface area contributed by atoms with E-state index < -0.39 is 0 Å². The van der Waals surface area contributed by atoms with Gasteiger partial charge in [-0.2, -0.15) is 0 Å². The van der Waals surface area contributed by atoms with Gasteiger partial charge in [0.25, 0.3) is 0 Å². The third-order valence-electron chi connectivity index (χ3n) is 3.18. The number of aryl methyl sites for hydroxylation is 1. The Bertz CT molecular complexity index is 582. The van der Waals surface area contributed by atoms with Crippen molar-refractivity contribution in [2.75, 3.05) is 6.79 Å². The van der Waals surface area contributed by atoms with Crippen LogP contribution in [0.5, 0.6) is 11.5 Å². The fraction of sp³-hybridized carbons (Fsp3) is 0.385. The summed E-state index contributed by atoms with van der Waals surface area (Å²) in [6, 6.07) is 6.10. The van der Waals surface area contributed by atoms with E-state index in [2.05, 4.69) is 22.4 Å². The highest BCUT2D eigenvalue weighted by atomic mass is 16.7. The predicted octanol–water partition coefficient (Wildman–Crippen LogP) is 1.39. The van der Waals surface area contributed by atoms with E-state index in [0.29, 0.717) is 6.79 Å². The molecule has 100 valence electrons. The molecule has 0 saturated heterocycles. The minimum absolute atomic E-state index is 0.137. The van der Waals surface area contributed by atoms with Crippen molar-refractivity contribution < 1.29 is 9.47 Å². The van der Waals surface area contributed by atoms with Crippen molar-refractivity contribution in [3.63, 3.8) is 0 Å². The van der Waals surface area contributed by atoms with E-state index in [1.54, 1.807) is 6.33 Å². The molecule has 0 saturated carbocycles. The van der Waals surface area contributed by atoms with Crippen LogP contribution in [-0.2, 0) is 13.6 Å². The quantitative estimate of drug-likeness (QED) is 0.900. The summed E-state index contributed by atoms with van der Waals surface area (Å²) < 4.78 is 12.6. The number of benzene rings is 1. The van der Waals surface area contributed by atoms with Crippen LogP contribution in [0.15, 0.2) is 24.5 Å². The molecule has 1 aromatic heterocycles. The summed E-state index contributed by atoms with van der Waals surface area (Å²) in [7, 11) is 1.94. The van der Waals surface area contributed by atoms with Gasteiger partial charge in [-0.25, -0.2) is 0 Å². The summed E-state index contributed by atoms with van der Waals surface area (Å²) in [4.78, 5) is 0. The molecule has 1 aliphatic heterocycles. The van der Waals surface area contributed by atoms with Gasteiger partial charge in [0.15, 0.2) is 11.5 Å². The summed E-state index contributed by atoms with van der Waals surface area (Å²) in [6.45, 7) is 3.11. The second-order valence-electron chi connectivity index (χ2n) is 4.59. The maximum Gasteiger partial charge on any atom is 0.231 e. The molecule has 1 atom stereocenters. The van der Waals surface area contributed by atoms with Gasteiger partial charge < -0.3 is 19.4 Å². The Kier molecular flexibility index (Phi) is 3.08. The number of rotatable bonds is 4. The smallest absolute Gasteiger partial charge is 0.231 e. The predicted molar refractivity (Wildman–Crippen MR) is 68.8 cm³/mol. The molecule has 1 aliphatic rings. The lowest BCUT2D eigenvalue weighted by atomic mass is 10.2. The number of aromatic nitrogens is 3. The van der Waals surface area contributed by atoms with Crippen LogP contribution in [0.1, 0.15) is 24.4 Å². The highest BCUT2D eigenvalue weighted by Gasteiger charge is 2.14. The SMILES string of the molecule is CC(NCc1ccc2c(c1)OCO2)c1nncn1C. The summed E-state index contributed by atoms with van der Waals surface area (Å²) in [6.07, 6.45) is 1.70. The van der Waals surface area contributed by atoms with Gasteiger partial charge in [-0.3, -0.25) is 0 Å². The Balaban J connectivity index is 1.65. The van der Waals surface area contributed by atoms with Crippen LogP contribution in [0, 0.1) is 0 Å². The van der Waals surface area contributed by atoms with E-state index in [4.69, 9.17) is 9.47 Å². The third-order valence-corrected chi connectivity index (χ3v) is 3.18. The van der Waals surface area contributed by atoms with Crippen LogP contribution < -0.4 is 14.8 Å². The van der Waals surface area contributed by atoms with Gasteiger partial charge in [0.1, 0.15) is 12.2 Å². The lowest BCUT2D eigenvalue weighted by Crippen LogP contribution is -2.21. The molecule has 19 heavy (non-hydrogen) atoms. The largest absolute Gasteiger partial charge is 0.454 e. The maximum atomic E-state index is 5.36. The molecule has 1 N–H and O–H groups in total. The van der Waals surface area contributed by atoms with Crippen molar-refractivity contribution in [1.82, 2.24) is 20.1 Å². The van der Waals surface area contributed by atoms with Crippen LogP contribution >= 0.6 is 0 Å². The van der Waals surface area contributed by atoms with Crippen LogP contribution in [0.2, 0.25) is 0 Å². The summed E-state index contributed by atoms with van der Waals surface area (Å²) in [5.74, 6) is 2.54. The first kappa shape index (κ1) is 12.0. The van der Waals surface area contributed by atoms with E-state index in [1.807, 2.05) is 29.8 Å². The number of hydrogen-bond acceptors (Lipinski definition) is 5. The number of nitrogens with one attached hydrogen (secondary N) is 1. The van der Waals surface area contributed by atoms with E-state index in [-0.39, 0.29) is 6.04 Å². The lowest BCUT2D eigenvalue weighted by Gasteiger charge is -2.13. The topological polar surface area (TPSA) is 61.2 Å². The van der Waals surface area contributed by atoms with Gasteiger partial charge in [0.2, 0.25) is 6.79 Å². The summed E-state index contributed by atoms with van der Waals surface area (Å²) in [5, 5.41) is 11.4. The Hall–Kier alpha value is -2.08. The number of ether oxygens (including phenoxy) is 2. The van der Waals surface area contributed by atoms with Crippen LogP contribution in [-0.4, -0.2) is 21.6 Å². The summed E-state index contributed by atoms with van der Waals surface area (Å²) >= 11 is 0. The zero-order valence-corrected chi connectivity index (χ0v) is 11.0. The Labute approximate surface area is 111 Å². The van der Waals surface area contributed by atoms with E-state index in [1.165, 1.54) is 0 Å². The Morgan fingerprint density at radius 3 is 3.00 bits per heavy atom. The number of hydrogen-bond donors (Lipinski definition) is 1. The number of fused-ring (bicyclic) bond motifs is 1. The molecule has 0 spiro atoms. The first-order valence-corrected chi connectivity index (χ1v) is 6.20. The highest BCUT2D eigenvalue weighted by Crippen LogP contribution is 2.32. The molecule has 0 radical (unpaired) electrons. The van der Waals surface area contributed by atoms with Crippen LogP contribution in [0.4, 0.5) is 0 Å². The van der Waals surface area contributed by atoms with Gasteiger partial charge in [-0.05, 0) is 24.6 Å². The molecule has 2 heterocycles. The first-order chi connectivity index (χ1) is 9.24. The van der Waals surface area contributed by atoms with Crippen LogP contribution in [0.25, 0.3) is 0 Å². The van der Waals surface area contributed by atoms with E-state index in [9.17, 15) is 0 Å². The monoisotopic (exact) mass is 260 g/mol. The van der Waals surface area contributed by atoms with Gasteiger partial charge in [-0.15, -0.1) is 10.2 Å². The minimum atomic E-state index is 0.137. The molecular weight excluding hydrogens is 244 g/mol. The Morgan fingerprint density at radius 1 is 1.37 bits per heavy atom. The van der Waals surface area contributed by atoms with Crippen molar-refractivity contribution in [2.45, 2.75) is 19.5 Å². The lowest BCUT2D eigenvalue weighted by molar-refractivity contribution is 0.174. The van der Waals surface area contributed by atoms with Crippen molar-refractivity contribution in [1.29, 1.82) is 0 Å². The van der Waals surface area contributed by atoms with Gasteiger partial charge >= 0.3 is 0 Å². The van der Waals surface area contributed by atoms with Crippen molar-refractivity contribution in [2.24, 2.45) is 7.05 Å². The highest BCUT2D eigenvalue weighted by molar-refractivity contribution is 5.44. The molecule has 2 aromatic rings. The van der Waals surface area contributed by atoms with E-state index in [0.717, 1.165) is 29.4 Å². The molecule has 0 fully saturated rings. The first-order valence-electron chi connectivity index (χ1n) is 6.20. The van der Waals surface area contributed by atoms with Crippen LogP contribution in [0.3, 0.4) is 0 Å². The molecule has 1 aromatic carbocycles. The zero-order valence-electron chi connectivity index (χ0n) is 11.0. The fourth-order valence-electron chi connectivity index (χ4n) is 2.10. The second kappa shape index (κ2) is 4.89. The molecular formula is C13H16N4O2. The second-order valence-corrected chi connectivity index (χ2v) is 4.59. The molecule has 0 amide bonds.